The fraction of sp³-hybridized carbons (Fsp3) is 0.706. The molecule has 1 aliphatic carbocycles. The molecule has 114 valence electrons. The number of rotatable bonds is 3. The Morgan fingerprint density at radius 3 is 2.15 bits per heavy atom. The molecular weight excluding hydrogens is 250 g/mol. The lowest BCUT2D eigenvalue weighted by molar-refractivity contribution is -0.117. The Morgan fingerprint density at radius 2 is 1.75 bits per heavy atom. The number of allylic oxidation sites excluding steroid dienone is 2. The van der Waals surface area contributed by atoms with Crippen LogP contribution >= 0.6 is 0 Å². The van der Waals surface area contributed by atoms with Gasteiger partial charge in [0, 0.05) is 11.8 Å². The summed E-state index contributed by atoms with van der Waals surface area (Å²) < 4.78 is 0. The molecule has 20 heavy (non-hydrogen) atoms. The minimum Gasteiger partial charge on any atom is -0.388 e. The highest BCUT2D eigenvalue weighted by atomic mass is 16.3. The molecule has 0 fully saturated rings. The third-order valence-corrected chi connectivity index (χ3v) is 4.51. The molecule has 0 saturated carbocycles. The summed E-state index contributed by atoms with van der Waals surface area (Å²) in [7, 11) is 0. The van der Waals surface area contributed by atoms with Crippen LogP contribution in [0.25, 0.3) is 0 Å². The molecule has 0 aromatic rings. The summed E-state index contributed by atoms with van der Waals surface area (Å²) in [5, 5.41) is 10.7. The highest BCUT2D eigenvalue weighted by Gasteiger charge is 2.53. The summed E-state index contributed by atoms with van der Waals surface area (Å²) >= 11 is 0. The zero-order valence-corrected chi connectivity index (χ0v) is 13.7. The smallest absolute Gasteiger partial charge is 0.217 e. The second-order valence-electron chi connectivity index (χ2n) is 7.86. The van der Waals surface area contributed by atoms with Crippen molar-refractivity contribution < 1.29 is 9.90 Å². The van der Waals surface area contributed by atoms with Crippen molar-refractivity contribution in [2.75, 3.05) is 0 Å². The highest BCUT2D eigenvalue weighted by Crippen LogP contribution is 2.57. The van der Waals surface area contributed by atoms with E-state index in [4.69, 9.17) is 5.73 Å². The summed E-state index contributed by atoms with van der Waals surface area (Å²) in [4.78, 5) is 11.0. The molecule has 1 amide bonds. The van der Waals surface area contributed by atoms with Crippen LogP contribution in [0.4, 0.5) is 0 Å². The normalized spacial score (nSPS) is 22.6. The molecule has 0 bridgehead atoms. The Hall–Kier alpha value is -1.09. The number of amides is 1. The van der Waals surface area contributed by atoms with Gasteiger partial charge in [-0.25, -0.2) is 0 Å². The monoisotopic (exact) mass is 279 g/mol. The Balaban J connectivity index is 3.27. The maximum atomic E-state index is 11.0. The molecule has 3 nitrogen and oxygen atoms in total. The molecule has 0 heterocycles. The number of primary amides is 1. The number of hydrogen-bond acceptors (Lipinski definition) is 2. The van der Waals surface area contributed by atoms with E-state index in [-0.39, 0.29) is 22.2 Å². The zero-order valence-electron chi connectivity index (χ0n) is 13.7. The van der Waals surface area contributed by atoms with E-state index in [1.54, 1.807) is 0 Å². The van der Waals surface area contributed by atoms with Crippen LogP contribution in [0, 0.1) is 16.2 Å². The predicted octanol–water partition coefficient (Wildman–Crippen LogP) is 3.19. The van der Waals surface area contributed by atoms with Gasteiger partial charge in [-0.1, -0.05) is 65.3 Å². The van der Waals surface area contributed by atoms with Gasteiger partial charge in [0.15, 0.2) is 0 Å². The largest absolute Gasteiger partial charge is 0.388 e. The summed E-state index contributed by atoms with van der Waals surface area (Å²) in [5.74, 6) is -0.289. The number of aliphatic hydroxyl groups excluding tert-OH is 1. The topological polar surface area (TPSA) is 63.3 Å². The van der Waals surface area contributed by atoms with Crippen molar-refractivity contribution in [3.8, 4) is 0 Å². The van der Waals surface area contributed by atoms with E-state index in [1.807, 2.05) is 12.2 Å². The van der Waals surface area contributed by atoms with E-state index < -0.39 is 6.10 Å². The maximum absolute atomic E-state index is 11.0. The quantitative estimate of drug-likeness (QED) is 0.833. The van der Waals surface area contributed by atoms with Gasteiger partial charge in [0.25, 0.3) is 0 Å². The van der Waals surface area contributed by atoms with Crippen LogP contribution in [0.3, 0.4) is 0 Å². The number of hydrogen-bond donors (Lipinski definition) is 2. The summed E-state index contributed by atoms with van der Waals surface area (Å²) in [6.07, 6.45) is 6.39. The van der Waals surface area contributed by atoms with Crippen molar-refractivity contribution in [3.63, 3.8) is 0 Å². The molecule has 0 aliphatic heterocycles. The van der Waals surface area contributed by atoms with Gasteiger partial charge >= 0.3 is 0 Å². The molecular formula is C17H29NO2. The van der Waals surface area contributed by atoms with Crippen molar-refractivity contribution >= 4 is 5.91 Å². The van der Waals surface area contributed by atoms with Crippen molar-refractivity contribution in [1.29, 1.82) is 0 Å². The lowest BCUT2D eigenvalue weighted by Gasteiger charge is -2.55. The van der Waals surface area contributed by atoms with Crippen LogP contribution in [-0.4, -0.2) is 17.1 Å². The zero-order chi connectivity index (χ0) is 15.8. The van der Waals surface area contributed by atoms with E-state index in [0.717, 1.165) is 5.57 Å². The molecule has 0 saturated heterocycles. The first kappa shape index (κ1) is 17.0. The van der Waals surface area contributed by atoms with Crippen LogP contribution in [0.15, 0.2) is 23.8 Å². The summed E-state index contributed by atoms with van der Waals surface area (Å²) in [6.45, 7) is 12.9. The Morgan fingerprint density at radius 1 is 1.25 bits per heavy atom. The molecule has 3 N–H and O–H groups in total. The van der Waals surface area contributed by atoms with E-state index >= 15 is 0 Å². The SMILES string of the molecule is CC(C)(C)C1(C(C)(C)C)C=C(CCC(N)=O)C=CC1O. The third kappa shape index (κ3) is 2.98. The Kier molecular flexibility index (Phi) is 4.55. The lowest BCUT2D eigenvalue weighted by Crippen LogP contribution is -2.53. The predicted molar refractivity (Wildman–Crippen MR) is 83.0 cm³/mol. The first-order chi connectivity index (χ1) is 8.92. The third-order valence-electron chi connectivity index (χ3n) is 4.51. The minimum absolute atomic E-state index is 0.104. The average Bonchev–Trinajstić information content (AvgIpc) is 2.24. The molecule has 1 aliphatic rings. The summed E-state index contributed by atoms with van der Waals surface area (Å²) in [6, 6.07) is 0. The molecule has 1 rings (SSSR count). The van der Waals surface area contributed by atoms with Crippen molar-refractivity contribution in [3.05, 3.63) is 23.8 Å². The maximum Gasteiger partial charge on any atom is 0.217 e. The number of aliphatic hydroxyl groups is 1. The first-order valence-electron chi connectivity index (χ1n) is 7.28. The van der Waals surface area contributed by atoms with Crippen LogP contribution in [0.1, 0.15) is 54.4 Å². The second kappa shape index (κ2) is 5.36. The van der Waals surface area contributed by atoms with Crippen molar-refractivity contribution in [1.82, 2.24) is 0 Å². The van der Waals surface area contributed by atoms with Crippen molar-refractivity contribution in [2.45, 2.75) is 60.5 Å². The van der Waals surface area contributed by atoms with E-state index in [2.05, 4.69) is 47.6 Å². The standard InChI is InChI=1S/C17H29NO2/c1-15(2,3)17(16(4,5)6)11-12(7-9-13(17)19)8-10-14(18)20/h7,9,11,13,19H,8,10H2,1-6H3,(H2,18,20). The molecule has 0 radical (unpaired) electrons. The van der Waals surface area contributed by atoms with Crippen LogP contribution < -0.4 is 5.73 Å². The van der Waals surface area contributed by atoms with Gasteiger partial charge in [-0.05, 0) is 17.3 Å². The van der Waals surface area contributed by atoms with Gasteiger partial charge in [0.05, 0.1) is 6.10 Å². The molecule has 1 atom stereocenters. The molecule has 0 aromatic heterocycles. The number of nitrogens with two attached hydrogens (primary N) is 1. The molecule has 3 heteroatoms. The van der Waals surface area contributed by atoms with Gasteiger partial charge in [-0.3, -0.25) is 4.79 Å². The lowest BCUT2D eigenvalue weighted by atomic mass is 9.50. The van der Waals surface area contributed by atoms with Crippen LogP contribution in [0.5, 0.6) is 0 Å². The summed E-state index contributed by atoms with van der Waals surface area (Å²) in [5.41, 5.74) is 5.74. The van der Waals surface area contributed by atoms with Gasteiger partial charge < -0.3 is 10.8 Å². The van der Waals surface area contributed by atoms with Crippen LogP contribution in [0.2, 0.25) is 0 Å². The van der Waals surface area contributed by atoms with E-state index in [0.29, 0.717) is 12.8 Å². The van der Waals surface area contributed by atoms with E-state index in [1.165, 1.54) is 0 Å². The second-order valence-corrected chi connectivity index (χ2v) is 7.86. The molecule has 1 unspecified atom stereocenters. The Labute approximate surface area is 122 Å². The minimum atomic E-state index is -0.528. The van der Waals surface area contributed by atoms with E-state index in [9.17, 15) is 9.90 Å². The van der Waals surface area contributed by atoms with Gasteiger partial charge in [0.2, 0.25) is 5.91 Å². The highest BCUT2D eigenvalue weighted by molar-refractivity contribution is 5.74. The number of carbonyl (C=O) groups is 1. The van der Waals surface area contributed by atoms with Crippen molar-refractivity contribution in [2.24, 2.45) is 22.0 Å². The van der Waals surface area contributed by atoms with Gasteiger partial charge in [-0.2, -0.15) is 0 Å². The molecule has 0 spiro atoms. The molecule has 0 aromatic carbocycles. The first-order valence-corrected chi connectivity index (χ1v) is 7.28. The van der Waals surface area contributed by atoms with Gasteiger partial charge in [-0.15, -0.1) is 0 Å². The van der Waals surface area contributed by atoms with Gasteiger partial charge in [0.1, 0.15) is 0 Å². The van der Waals surface area contributed by atoms with Crippen LogP contribution in [-0.2, 0) is 4.79 Å². The fourth-order valence-electron chi connectivity index (χ4n) is 3.66. The average molecular weight is 279 g/mol. The Bertz CT molecular complexity index is 419. The number of carbonyl (C=O) groups excluding carboxylic acids is 1. The fourth-order valence-corrected chi connectivity index (χ4v) is 3.66.